The number of likely N-dealkylation sites (N-methyl/N-ethyl adjacent to an activating group) is 1. The van der Waals surface area contributed by atoms with Crippen molar-refractivity contribution in [3.63, 3.8) is 0 Å². The first-order chi connectivity index (χ1) is 7.79. The molecule has 0 aliphatic heterocycles. The highest BCUT2D eigenvalue weighted by atomic mass is 79.9. The fourth-order valence-electron chi connectivity index (χ4n) is 1.43. The lowest BCUT2D eigenvalue weighted by Crippen LogP contribution is -2.10. The van der Waals surface area contributed by atoms with E-state index in [1.807, 2.05) is 31.3 Å². The fraction of sp³-hybridized carbons (Fsp3) is 0.250. The molecule has 0 spiro atoms. The molecule has 2 aromatic rings. The maximum absolute atomic E-state index is 5.65. The van der Waals surface area contributed by atoms with Crippen LogP contribution in [-0.4, -0.2) is 18.6 Å². The number of aromatic nitrogens is 1. The smallest absolute Gasteiger partial charge is 0.196 e. The second kappa shape index (κ2) is 5.27. The Morgan fingerprint density at radius 2 is 2.31 bits per heavy atom. The summed E-state index contributed by atoms with van der Waals surface area (Å²) in [5.41, 5.74) is 1.04. The monoisotopic (exact) mass is 280 g/mol. The summed E-state index contributed by atoms with van der Waals surface area (Å²) in [7, 11) is 1.91. The lowest BCUT2D eigenvalue weighted by atomic mass is 10.2. The summed E-state index contributed by atoms with van der Waals surface area (Å²) in [6.07, 6.45) is 2.58. The van der Waals surface area contributed by atoms with Crippen molar-refractivity contribution in [2.45, 2.75) is 6.42 Å². The van der Waals surface area contributed by atoms with Crippen LogP contribution in [0.4, 0.5) is 0 Å². The van der Waals surface area contributed by atoms with Gasteiger partial charge in [0.15, 0.2) is 11.7 Å². The molecule has 1 aromatic heterocycles. The van der Waals surface area contributed by atoms with Crippen molar-refractivity contribution in [3.8, 4) is 11.3 Å². The van der Waals surface area contributed by atoms with Gasteiger partial charge in [-0.15, -0.1) is 0 Å². The number of oxazole rings is 1. The first kappa shape index (κ1) is 11.4. The zero-order chi connectivity index (χ0) is 11.4. The summed E-state index contributed by atoms with van der Waals surface area (Å²) in [6.45, 7) is 0.873. The van der Waals surface area contributed by atoms with E-state index >= 15 is 0 Å². The number of hydrogen-bond acceptors (Lipinski definition) is 3. The molecule has 0 unspecified atom stereocenters. The minimum Gasteiger partial charge on any atom is -0.441 e. The first-order valence-corrected chi connectivity index (χ1v) is 5.94. The van der Waals surface area contributed by atoms with Crippen LogP contribution in [0.25, 0.3) is 11.3 Å². The van der Waals surface area contributed by atoms with Crippen LogP contribution in [0, 0.1) is 0 Å². The average molecular weight is 281 g/mol. The summed E-state index contributed by atoms with van der Waals surface area (Å²) in [5, 5.41) is 3.07. The molecule has 16 heavy (non-hydrogen) atoms. The third-order valence-corrected chi connectivity index (χ3v) is 2.74. The van der Waals surface area contributed by atoms with E-state index in [-0.39, 0.29) is 0 Å². The van der Waals surface area contributed by atoms with Crippen LogP contribution in [-0.2, 0) is 6.42 Å². The normalized spacial score (nSPS) is 10.6. The number of rotatable bonds is 4. The fourth-order valence-corrected chi connectivity index (χ4v) is 1.83. The Morgan fingerprint density at radius 3 is 3.06 bits per heavy atom. The van der Waals surface area contributed by atoms with E-state index in [9.17, 15) is 0 Å². The van der Waals surface area contributed by atoms with Gasteiger partial charge in [-0.3, -0.25) is 0 Å². The van der Waals surface area contributed by atoms with Crippen molar-refractivity contribution >= 4 is 15.9 Å². The van der Waals surface area contributed by atoms with Crippen LogP contribution in [0.15, 0.2) is 39.4 Å². The van der Waals surface area contributed by atoms with E-state index in [1.165, 1.54) is 0 Å². The summed E-state index contributed by atoms with van der Waals surface area (Å²) >= 11 is 3.44. The van der Waals surface area contributed by atoms with Crippen LogP contribution in [0.3, 0.4) is 0 Å². The molecule has 0 amide bonds. The van der Waals surface area contributed by atoms with Gasteiger partial charge in [0, 0.05) is 23.0 Å². The Kier molecular flexibility index (Phi) is 3.74. The number of benzene rings is 1. The summed E-state index contributed by atoms with van der Waals surface area (Å²) < 4.78 is 6.69. The highest BCUT2D eigenvalue weighted by Gasteiger charge is 2.05. The Labute approximate surface area is 103 Å². The van der Waals surface area contributed by atoms with Crippen molar-refractivity contribution in [2.75, 3.05) is 13.6 Å². The minimum atomic E-state index is 0.768. The van der Waals surface area contributed by atoms with E-state index in [0.29, 0.717) is 0 Å². The van der Waals surface area contributed by atoms with Gasteiger partial charge in [0.2, 0.25) is 0 Å². The second-order valence-electron chi connectivity index (χ2n) is 3.48. The molecule has 3 nitrogen and oxygen atoms in total. The topological polar surface area (TPSA) is 38.1 Å². The van der Waals surface area contributed by atoms with E-state index in [0.717, 1.165) is 34.7 Å². The van der Waals surface area contributed by atoms with Crippen LogP contribution < -0.4 is 5.32 Å². The number of hydrogen-bond donors (Lipinski definition) is 1. The third-order valence-electron chi connectivity index (χ3n) is 2.25. The van der Waals surface area contributed by atoms with Gasteiger partial charge < -0.3 is 9.73 Å². The molecule has 0 saturated carbocycles. The van der Waals surface area contributed by atoms with Crippen LogP contribution in [0.5, 0.6) is 0 Å². The van der Waals surface area contributed by atoms with E-state index in [1.54, 1.807) is 6.20 Å². The maximum Gasteiger partial charge on any atom is 0.196 e. The second-order valence-corrected chi connectivity index (χ2v) is 4.40. The Bertz CT molecular complexity index is 468. The van der Waals surface area contributed by atoms with Gasteiger partial charge >= 0.3 is 0 Å². The molecule has 2 rings (SSSR count). The lowest BCUT2D eigenvalue weighted by Gasteiger charge is -1.97. The molecule has 0 fully saturated rings. The molecule has 4 heteroatoms. The largest absolute Gasteiger partial charge is 0.441 e. The zero-order valence-corrected chi connectivity index (χ0v) is 10.6. The SMILES string of the molecule is CNCCc1ncc(-c2cccc(Br)c2)o1. The summed E-state index contributed by atoms with van der Waals surface area (Å²) in [5.74, 6) is 1.58. The van der Waals surface area contributed by atoms with Crippen LogP contribution >= 0.6 is 15.9 Å². The van der Waals surface area contributed by atoms with Crippen molar-refractivity contribution in [1.29, 1.82) is 0 Å². The number of nitrogens with zero attached hydrogens (tertiary/aromatic N) is 1. The average Bonchev–Trinajstić information content (AvgIpc) is 2.75. The molecule has 84 valence electrons. The molecule has 1 N–H and O–H groups in total. The summed E-state index contributed by atoms with van der Waals surface area (Å²) in [6, 6.07) is 7.99. The molecule has 1 heterocycles. The molecular weight excluding hydrogens is 268 g/mol. The molecular formula is C12H13BrN2O. The highest BCUT2D eigenvalue weighted by molar-refractivity contribution is 9.10. The van der Waals surface area contributed by atoms with Crippen molar-refractivity contribution in [1.82, 2.24) is 10.3 Å². The van der Waals surface area contributed by atoms with Gasteiger partial charge in [0.05, 0.1) is 6.20 Å². The first-order valence-electron chi connectivity index (χ1n) is 5.15. The molecule has 0 aliphatic rings. The zero-order valence-electron chi connectivity index (χ0n) is 9.03. The predicted molar refractivity (Wildman–Crippen MR) is 67.3 cm³/mol. The van der Waals surface area contributed by atoms with Gasteiger partial charge in [0.25, 0.3) is 0 Å². The van der Waals surface area contributed by atoms with Crippen molar-refractivity contribution in [3.05, 3.63) is 40.8 Å². The van der Waals surface area contributed by atoms with Crippen molar-refractivity contribution in [2.24, 2.45) is 0 Å². The van der Waals surface area contributed by atoms with Gasteiger partial charge in [-0.25, -0.2) is 4.98 Å². The molecule has 0 atom stereocenters. The van der Waals surface area contributed by atoms with Crippen molar-refractivity contribution < 1.29 is 4.42 Å². The quantitative estimate of drug-likeness (QED) is 0.936. The van der Waals surface area contributed by atoms with E-state index in [2.05, 4.69) is 26.2 Å². The molecule has 1 aromatic carbocycles. The number of nitrogens with one attached hydrogen (secondary N) is 1. The standard InChI is InChI=1S/C12H13BrN2O/c1-14-6-5-12-15-8-11(16-12)9-3-2-4-10(13)7-9/h2-4,7-8,14H,5-6H2,1H3. The predicted octanol–water partition coefficient (Wildman–Crippen LogP) is 2.87. The Balaban J connectivity index is 2.18. The van der Waals surface area contributed by atoms with Crippen LogP contribution in [0.2, 0.25) is 0 Å². The molecule has 0 aliphatic carbocycles. The van der Waals surface area contributed by atoms with Gasteiger partial charge in [-0.05, 0) is 19.2 Å². The molecule has 0 bridgehead atoms. The Morgan fingerprint density at radius 1 is 1.44 bits per heavy atom. The molecule has 0 radical (unpaired) electrons. The third kappa shape index (κ3) is 2.71. The number of halogens is 1. The van der Waals surface area contributed by atoms with E-state index in [4.69, 9.17) is 4.42 Å². The Hall–Kier alpha value is -1.13. The molecule has 0 saturated heterocycles. The van der Waals surface area contributed by atoms with Crippen LogP contribution in [0.1, 0.15) is 5.89 Å². The van der Waals surface area contributed by atoms with E-state index < -0.39 is 0 Å². The summed E-state index contributed by atoms with van der Waals surface area (Å²) in [4.78, 5) is 4.24. The lowest BCUT2D eigenvalue weighted by molar-refractivity contribution is 0.501. The van der Waals surface area contributed by atoms with Gasteiger partial charge in [-0.1, -0.05) is 28.1 Å². The highest BCUT2D eigenvalue weighted by Crippen LogP contribution is 2.23. The van der Waals surface area contributed by atoms with Gasteiger partial charge in [-0.2, -0.15) is 0 Å². The van der Waals surface area contributed by atoms with Gasteiger partial charge in [0.1, 0.15) is 0 Å². The minimum absolute atomic E-state index is 0.768. The maximum atomic E-state index is 5.65.